The second-order valence-electron chi connectivity index (χ2n) is 6.65. The number of hydrogen-bond donors (Lipinski definition) is 1. The Bertz CT molecular complexity index is 875. The Morgan fingerprint density at radius 2 is 1.65 bits per heavy atom. The van der Waals surface area contributed by atoms with Gasteiger partial charge in [0.15, 0.2) is 5.82 Å². The van der Waals surface area contributed by atoms with E-state index in [0.717, 1.165) is 59.9 Å². The van der Waals surface area contributed by atoms with Crippen molar-refractivity contribution in [2.45, 2.75) is 0 Å². The second kappa shape index (κ2) is 7.14. The van der Waals surface area contributed by atoms with Gasteiger partial charge >= 0.3 is 0 Å². The molecule has 0 aliphatic carbocycles. The van der Waals surface area contributed by atoms with Crippen LogP contribution in [-0.2, 0) is 0 Å². The molecule has 0 unspecified atom stereocenters. The minimum atomic E-state index is 0.980. The third-order valence-electron chi connectivity index (χ3n) is 4.95. The van der Waals surface area contributed by atoms with Gasteiger partial charge in [-0.3, -0.25) is 10.1 Å². The van der Waals surface area contributed by atoms with Crippen LogP contribution in [0, 0.1) is 0 Å². The number of anilines is 1. The van der Waals surface area contributed by atoms with E-state index in [1.165, 1.54) is 0 Å². The van der Waals surface area contributed by atoms with Crippen LogP contribution in [0.25, 0.3) is 28.5 Å². The number of nitrogens with one attached hydrogen (secondary N) is 1. The van der Waals surface area contributed by atoms with E-state index in [4.69, 9.17) is 5.10 Å². The molecule has 0 amide bonds. The first-order chi connectivity index (χ1) is 12.8. The molecule has 3 aromatic rings. The van der Waals surface area contributed by atoms with Gasteiger partial charge in [0, 0.05) is 44.1 Å². The van der Waals surface area contributed by atoms with E-state index < -0.39 is 0 Å². The van der Waals surface area contributed by atoms with Crippen molar-refractivity contribution in [3.05, 3.63) is 60.9 Å². The van der Waals surface area contributed by atoms with Gasteiger partial charge in [0.1, 0.15) is 0 Å². The molecule has 5 heteroatoms. The molecule has 4 rings (SSSR count). The minimum Gasteiger partial charge on any atom is -0.352 e. The highest BCUT2D eigenvalue weighted by molar-refractivity contribution is 5.89. The summed E-state index contributed by atoms with van der Waals surface area (Å²) in [5.74, 6) is 1.02. The van der Waals surface area contributed by atoms with Gasteiger partial charge in [0.25, 0.3) is 0 Å². The Labute approximate surface area is 154 Å². The fourth-order valence-corrected chi connectivity index (χ4v) is 3.37. The zero-order chi connectivity index (χ0) is 17.9. The molecule has 1 aliphatic heterocycles. The molecule has 1 fully saturated rings. The summed E-state index contributed by atoms with van der Waals surface area (Å²) in [4.78, 5) is 8.89. The first-order valence-corrected chi connectivity index (χ1v) is 8.91. The number of benzene rings is 1. The Balaban J connectivity index is 1.80. The number of pyridine rings is 1. The molecule has 132 valence electrons. The Morgan fingerprint density at radius 3 is 2.31 bits per heavy atom. The van der Waals surface area contributed by atoms with Crippen LogP contribution in [0.2, 0.25) is 0 Å². The molecular formula is C21H23N5. The molecule has 0 bridgehead atoms. The Morgan fingerprint density at radius 1 is 0.962 bits per heavy atom. The highest BCUT2D eigenvalue weighted by Crippen LogP contribution is 2.38. The zero-order valence-electron chi connectivity index (χ0n) is 15.0. The molecule has 1 aliphatic rings. The molecule has 0 spiro atoms. The number of likely N-dealkylation sites (N-methyl/N-ethyl adjacent to an activating group) is 1. The molecule has 1 saturated heterocycles. The first kappa shape index (κ1) is 16.5. The van der Waals surface area contributed by atoms with Crippen molar-refractivity contribution >= 4 is 11.9 Å². The standard InChI is InChI=1S/C21H23N5/c1-3-16-4-6-18(7-5-16)20-19(17-8-10-22-11-9-17)21(24-23-20)26-14-12-25(2)13-15-26/h3-11H,1,12-15H2,2H3,(H,23,24). The molecule has 3 heterocycles. The zero-order valence-corrected chi connectivity index (χ0v) is 15.0. The molecular weight excluding hydrogens is 322 g/mol. The maximum Gasteiger partial charge on any atom is 0.159 e. The van der Waals surface area contributed by atoms with E-state index in [1.807, 2.05) is 30.6 Å². The SMILES string of the molecule is C=Cc1ccc(-c2[nH]nc(N3CCN(C)CC3)c2-c2ccncc2)cc1. The van der Waals surface area contributed by atoms with Crippen LogP contribution in [0.3, 0.4) is 0 Å². The lowest BCUT2D eigenvalue weighted by Gasteiger charge is -2.33. The lowest BCUT2D eigenvalue weighted by atomic mass is 10.00. The predicted octanol–water partition coefficient (Wildman–Crippen LogP) is 3.53. The highest BCUT2D eigenvalue weighted by atomic mass is 15.3. The summed E-state index contributed by atoms with van der Waals surface area (Å²) in [6.45, 7) is 7.89. The maximum absolute atomic E-state index is 4.70. The number of aromatic amines is 1. The number of rotatable bonds is 4. The number of nitrogens with zero attached hydrogens (tertiary/aromatic N) is 4. The molecule has 0 atom stereocenters. The molecule has 26 heavy (non-hydrogen) atoms. The fraction of sp³-hybridized carbons (Fsp3) is 0.238. The van der Waals surface area contributed by atoms with Crippen LogP contribution in [0.4, 0.5) is 5.82 Å². The van der Waals surface area contributed by atoms with Crippen molar-refractivity contribution in [2.75, 3.05) is 38.1 Å². The van der Waals surface area contributed by atoms with Crippen LogP contribution in [0.5, 0.6) is 0 Å². The minimum absolute atomic E-state index is 0.980. The molecule has 5 nitrogen and oxygen atoms in total. The lowest BCUT2D eigenvalue weighted by Crippen LogP contribution is -2.44. The Hall–Kier alpha value is -2.92. The smallest absolute Gasteiger partial charge is 0.159 e. The van der Waals surface area contributed by atoms with Crippen LogP contribution in [0.15, 0.2) is 55.4 Å². The van der Waals surface area contributed by atoms with E-state index >= 15 is 0 Å². The number of hydrogen-bond acceptors (Lipinski definition) is 4. The van der Waals surface area contributed by atoms with E-state index in [-0.39, 0.29) is 0 Å². The van der Waals surface area contributed by atoms with Crippen molar-refractivity contribution in [2.24, 2.45) is 0 Å². The lowest BCUT2D eigenvalue weighted by molar-refractivity contribution is 0.312. The molecule has 0 radical (unpaired) electrons. The van der Waals surface area contributed by atoms with Gasteiger partial charge in [-0.05, 0) is 30.3 Å². The maximum atomic E-state index is 4.70. The monoisotopic (exact) mass is 345 g/mol. The van der Waals surface area contributed by atoms with E-state index in [9.17, 15) is 0 Å². The highest BCUT2D eigenvalue weighted by Gasteiger charge is 2.23. The molecule has 2 aromatic heterocycles. The van der Waals surface area contributed by atoms with Gasteiger partial charge in [-0.15, -0.1) is 0 Å². The van der Waals surface area contributed by atoms with E-state index in [1.54, 1.807) is 0 Å². The van der Waals surface area contributed by atoms with Gasteiger partial charge in [-0.1, -0.05) is 36.9 Å². The summed E-state index contributed by atoms with van der Waals surface area (Å²) >= 11 is 0. The van der Waals surface area contributed by atoms with Crippen LogP contribution < -0.4 is 4.90 Å². The van der Waals surface area contributed by atoms with Crippen LogP contribution >= 0.6 is 0 Å². The van der Waals surface area contributed by atoms with Crippen molar-refractivity contribution < 1.29 is 0 Å². The van der Waals surface area contributed by atoms with Gasteiger partial charge in [0.05, 0.1) is 11.3 Å². The first-order valence-electron chi connectivity index (χ1n) is 8.91. The van der Waals surface area contributed by atoms with Gasteiger partial charge < -0.3 is 9.80 Å². The van der Waals surface area contributed by atoms with Crippen molar-refractivity contribution in [3.8, 4) is 22.4 Å². The topological polar surface area (TPSA) is 48.1 Å². The van der Waals surface area contributed by atoms with Crippen LogP contribution in [-0.4, -0.2) is 53.3 Å². The van der Waals surface area contributed by atoms with Crippen LogP contribution in [0.1, 0.15) is 5.56 Å². The van der Waals surface area contributed by atoms with Crippen molar-refractivity contribution in [1.82, 2.24) is 20.1 Å². The predicted molar refractivity (Wildman–Crippen MR) is 107 cm³/mol. The normalized spacial score (nSPS) is 15.2. The van der Waals surface area contributed by atoms with Gasteiger partial charge in [0.2, 0.25) is 0 Å². The van der Waals surface area contributed by atoms with E-state index in [0.29, 0.717) is 0 Å². The van der Waals surface area contributed by atoms with Crippen molar-refractivity contribution in [3.63, 3.8) is 0 Å². The molecule has 1 aromatic carbocycles. The number of H-pyrrole nitrogens is 1. The quantitative estimate of drug-likeness (QED) is 0.786. The van der Waals surface area contributed by atoms with Crippen molar-refractivity contribution in [1.29, 1.82) is 0 Å². The molecule has 1 N–H and O–H groups in total. The third kappa shape index (κ3) is 3.13. The average Bonchev–Trinajstić information content (AvgIpc) is 3.14. The second-order valence-corrected chi connectivity index (χ2v) is 6.65. The summed E-state index contributed by atoms with van der Waals surface area (Å²) in [6, 6.07) is 12.5. The average molecular weight is 345 g/mol. The molecule has 0 saturated carbocycles. The summed E-state index contributed by atoms with van der Waals surface area (Å²) in [7, 11) is 2.16. The largest absolute Gasteiger partial charge is 0.352 e. The van der Waals surface area contributed by atoms with Gasteiger partial charge in [-0.25, -0.2) is 0 Å². The number of piperazine rings is 1. The summed E-state index contributed by atoms with van der Waals surface area (Å²) in [5.41, 5.74) is 5.54. The summed E-state index contributed by atoms with van der Waals surface area (Å²) in [5, 5.41) is 7.99. The van der Waals surface area contributed by atoms with E-state index in [2.05, 4.69) is 57.8 Å². The van der Waals surface area contributed by atoms with Gasteiger partial charge in [-0.2, -0.15) is 5.10 Å². The summed E-state index contributed by atoms with van der Waals surface area (Å²) in [6.07, 6.45) is 5.53. The Kier molecular flexibility index (Phi) is 4.54. The third-order valence-corrected chi connectivity index (χ3v) is 4.95. The fourth-order valence-electron chi connectivity index (χ4n) is 3.37. The number of aromatic nitrogens is 3. The summed E-state index contributed by atoms with van der Waals surface area (Å²) < 4.78 is 0.